The zero-order valence-electron chi connectivity index (χ0n) is 29.3. The van der Waals surface area contributed by atoms with Crippen LogP contribution in [0.4, 0.5) is 0 Å². The monoisotopic (exact) mass is 738 g/mol. The molecular weight excluding hydrogens is 692 g/mol. The third-order valence-electron chi connectivity index (χ3n) is 9.11. The van der Waals surface area contributed by atoms with Crippen LogP contribution >= 0.6 is 0 Å². The Morgan fingerprint density at radius 3 is 1.88 bits per heavy atom. The maximum absolute atomic E-state index is 13.6. The molecule has 0 radical (unpaired) electrons. The lowest BCUT2D eigenvalue weighted by Gasteiger charge is -2.49. The second-order valence-electron chi connectivity index (χ2n) is 14.2. The third-order valence-corrected chi connectivity index (χ3v) is 10.8. The fraction of sp³-hybridized carbons (Fsp3) is 0.474. The van der Waals surface area contributed by atoms with Gasteiger partial charge in [-0.15, -0.1) is 0 Å². The number of hydrogen-bond acceptors (Lipinski definition) is 13. The molecule has 14 heteroatoms. The molecule has 3 heterocycles. The Labute approximate surface area is 303 Å². The van der Waals surface area contributed by atoms with Crippen molar-refractivity contribution in [2.24, 2.45) is 0 Å². The number of aliphatic hydroxyl groups is 3. The van der Waals surface area contributed by atoms with Crippen LogP contribution in [0.5, 0.6) is 0 Å². The number of hydrogen-bond donors (Lipinski definition) is 3. The third kappa shape index (κ3) is 9.14. The van der Waals surface area contributed by atoms with E-state index in [1.165, 1.54) is 0 Å². The molecule has 11 atom stereocenters. The highest BCUT2D eigenvalue weighted by Gasteiger charge is 2.56. The molecule has 0 bridgehead atoms. The van der Waals surface area contributed by atoms with Gasteiger partial charge in [-0.05, 0) is 30.3 Å². The van der Waals surface area contributed by atoms with Crippen LogP contribution in [-0.4, -0.2) is 117 Å². The Balaban J connectivity index is 1.29. The van der Waals surface area contributed by atoms with Gasteiger partial charge >= 0.3 is 11.9 Å². The minimum absolute atomic E-state index is 0.00476. The van der Waals surface area contributed by atoms with Crippen molar-refractivity contribution in [3.05, 3.63) is 108 Å². The molecule has 3 aliphatic heterocycles. The molecule has 3 N–H and O–H groups in total. The fourth-order valence-corrected chi connectivity index (χ4v) is 6.95. The van der Waals surface area contributed by atoms with Gasteiger partial charge in [0.25, 0.3) is 0 Å². The maximum atomic E-state index is 13.6. The predicted molar refractivity (Wildman–Crippen MR) is 187 cm³/mol. The van der Waals surface area contributed by atoms with Gasteiger partial charge in [-0.3, -0.25) is 0 Å². The summed E-state index contributed by atoms with van der Waals surface area (Å²) in [6, 6.07) is 26.3. The molecule has 3 saturated heterocycles. The number of carbonyl (C=O) groups excluding carboxylic acids is 2. The molecule has 0 aliphatic carbocycles. The van der Waals surface area contributed by atoms with E-state index in [0.717, 1.165) is 11.6 Å². The number of benzene rings is 3. The molecule has 13 nitrogen and oxygen atoms in total. The van der Waals surface area contributed by atoms with Crippen LogP contribution in [0.15, 0.2) is 91.0 Å². The zero-order chi connectivity index (χ0) is 36.8. The molecule has 52 heavy (non-hydrogen) atoms. The molecule has 0 spiro atoms. The average Bonchev–Trinajstić information content (AvgIpc) is 3.15. The normalized spacial score (nSPS) is 32.0. The Hall–Kier alpha value is -3.54. The number of fused-ring (bicyclic) bond motifs is 1. The van der Waals surface area contributed by atoms with Crippen molar-refractivity contribution in [3.8, 4) is 0 Å². The summed E-state index contributed by atoms with van der Waals surface area (Å²) < 4.78 is 48.8. The summed E-state index contributed by atoms with van der Waals surface area (Å²) in [6.07, 6.45) is -14.0. The Morgan fingerprint density at radius 2 is 1.31 bits per heavy atom. The number of carbonyl (C=O) groups is 2. The smallest absolute Gasteiger partial charge is 0.338 e. The van der Waals surface area contributed by atoms with E-state index in [1.807, 2.05) is 30.3 Å². The lowest BCUT2D eigenvalue weighted by atomic mass is 9.96. The lowest BCUT2D eigenvalue weighted by Crippen LogP contribution is -2.67. The fourth-order valence-electron chi connectivity index (χ4n) is 6.22. The van der Waals surface area contributed by atoms with E-state index in [-0.39, 0.29) is 24.3 Å². The summed E-state index contributed by atoms with van der Waals surface area (Å²) in [4.78, 5) is 27.2. The van der Waals surface area contributed by atoms with Gasteiger partial charge in [-0.2, -0.15) is 0 Å². The van der Waals surface area contributed by atoms with Gasteiger partial charge in [0, 0.05) is 20.2 Å². The highest BCUT2D eigenvalue weighted by molar-refractivity contribution is 6.76. The summed E-state index contributed by atoms with van der Waals surface area (Å²) in [7, 11) is -1.59. The Bertz CT molecular complexity index is 1590. The minimum Gasteiger partial charge on any atom is -0.452 e. The van der Waals surface area contributed by atoms with E-state index in [9.17, 15) is 24.9 Å². The molecule has 3 fully saturated rings. The molecule has 280 valence electrons. The van der Waals surface area contributed by atoms with Crippen LogP contribution in [0.2, 0.25) is 25.7 Å². The van der Waals surface area contributed by atoms with Gasteiger partial charge in [0.1, 0.15) is 36.6 Å². The van der Waals surface area contributed by atoms with E-state index in [1.54, 1.807) is 60.7 Å². The van der Waals surface area contributed by atoms with Crippen molar-refractivity contribution < 1.29 is 62.8 Å². The van der Waals surface area contributed by atoms with Crippen LogP contribution in [-0.2, 0) is 37.9 Å². The highest BCUT2D eigenvalue weighted by Crippen LogP contribution is 2.37. The van der Waals surface area contributed by atoms with E-state index in [2.05, 4.69) is 19.6 Å². The molecule has 0 aromatic heterocycles. The van der Waals surface area contributed by atoms with E-state index in [0.29, 0.717) is 0 Å². The molecule has 6 rings (SSSR count). The van der Waals surface area contributed by atoms with Gasteiger partial charge in [0.15, 0.2) is 31.1 Å². The van der Waals surface area contributed by atoms with E-state index in [4.69, 9.17) is 37.9 Å². The first-order valence-electron chi connectivity index (χ1n) is 17.4. The van der Waals surface area contributed by atoms with Gasteiger partial charge < -0.3 is 53.2 Å². The molecule has 3 aromatic carbocycles. The van der Waals surface area contributed by atoms with Crippen LogP contribution in [0, 0.1) is 0 Å². The van der Waals surface area contributed by atoms with E-state index >= 15 is 0 Å². The van der Waals surface area contributed by atoms with Crippen molar-refractivity contribution in [2.75, 3.05) is 19.8 Å². The minimum atomic E-state index is -1.66. The Morgan fingerprint density at radius 1 is 0.731 bits per heavy atom. The number of ether oxygens (including phenoxy) is 8. The van der Waals surface area contributed by atoms with Crippen molar-refractivity contribution in [3.63, 3.8) is 0 Å². The number of esters is 2. The largest absolute Gasteiger partial charge is 0.452 e. The summed E-state index contributed by atoms with van der Waals surface area (Å²) >= 11 is 0. The predicted octanol–water partition coefficient (Wildman–Crippen LogP) is 3.46. The summed E-state index contributed by atoms with van der Waals surface area (Å²) in [5.74, 6) is -1.52. The maximum Gasteiger partial charge on any atom is 0.338 e. The quantitative estimate of drug-likeness (QED) is 0.183. The van der Waals surface area contributed by atoms with Crippen molar-refractivity contribution in [1.82, 2.24) is 0 Å². The topological polar surface area (TPSA) is 169 Å². The second-order valence-corrected chi connectivity index (χ2v) is 19.8. The highest BCUT2D eigenvalue weighted by atomic mass is 28.3. The lowest BCUT2D eigenvalue weighted by molar-refractivity contribution is -0.385. The van der Waals surface area contributed by atoms with Gasteiger partial charge in [0.05, 0.1) is 24.3 Å². The molecule has 0 unspecified atom stereocenters. The second kappa shape index (κ2) is 17.1. The van der Waals surface area contributed by atoms with Crippen molar-refractivity contribution in [1.29, 1.82) is 0 Å². The molecule has 3 aromatic rings. The number of rotatable bonds is 12. The van der Waals surface area contributed by atoms with Gasteiger partial charge in [0.2, 0.25) is 0 Å². The van der Waals surface area contributed by atoms with Gasteiger partial charge in [-0.1, -0.05) is 86.4 Å². The van der Waals surface area contributed by atoms with Crippen LogP contribution in [0.3, 0.4) is 0 Å². The first-order valence-corrected chi connectivity index (χ1v) is 21.1. The molecule has 3 aliphatic rings. The van der Waals surface area contributed by atoms with E-state index < -0.39 is 94.3 Å². The molecule has 0 amide bonds. The van der Waals surface area contributed by atoms with Crippen molar-refractivity contribution >= 4 is 20.0 Å². The average molecular weight is 739 g/mol. The van der Waals surface area contributed by atoms with Crippen LogP contribution in [0.25, 0.3) is 0 Å². The van der Waals surface area contributed by atoms with Crippen LogP contribution in [0.1, 0.15) is 32.6 Å². The van der Waals surface area contributed by atoms with Gasteiger partial charge in [-0.25, -0.2) is 9.59 Å². The SMILES string of the molecule is C[Si](C)(C)CCO[C@@H]1O[C@H](CO)[C@H](O[C@H]2O[C@@H]3CO[C@H](c4ccccc4)O[C@@H]3[C@H](O)[C@H]2O)[C@H](OC(=O)c2ccccc2)[C@H]1OC(=O)c1ccccc1. The zero-order valence-corrected chi connectivity index (χ0v) is 30.3. The first kappa shape index (κ1) is 38.2. The summed E-state index contributed by atoms with van der Waals surface area (Å²) in [5, 5.41) is 33.2. The van der Waals surface area contributed by atoms with Crippen LogP contribution < -0.4 is 0 Å². The van der Waals surface area contributed by atoms with Crippen molar-refractivity contribution in [2.45, 2.75) is 93.4 Å². The standard InChI is InChI=1S/C38H46O13Si/c1-52(2,3)20-19-44-38-33(49-35(43)24-15-9-5-10-16-24)32(48-34(42)23-13-7-4-8-14-23)31(26(21-39)46-38)51-37-29(41)28(40)30-27(47-37)22-45-36(50-30)25-17-11-6-12-18-25/h4-18,26-33,36-41H,19-22H2,1-3H3/t26-,27-,28-,29-,30+,31+,32+,33-,36+,37-,38-/m1/s1. The Kier molecular flexibility index (Phi) is 12.5. The molecular formula is C38H46O13Si. The molecule has 0 saturated carbocycles. The summed E-state index contributed by atoms with van der Waals surface area (Å²) in [6.45, 7) is 6.12. The number of aliphatic hydroxyl groups excluding tert-OH is 3. The first-order chi connectivity index (χ1) is 25.0. The summed E-state index contributed by atoms with van der Waals surface area (Å²) in [5.41, 5.74) is 1.16.